The number of aliphatic carboxylic acids is 1. The van der Waals surface area contributed by atoms with Gasteiger partial charge in [0.2, 0.25) is 29.5 Å². The van der Waals surface area contributed by atoms with Crippen molar-refractivity contribution in [2.24, 2.45) is 27.9 Å². The maximum atomic E-state index is 14.5. The summed E-state index contributed by atoms with van der Waals surface area (Å²) in [5.41, 5.74) is 10.8. The monoisotopic (exact) mass is 1700 g/mol. The topological polar surface area (TPSA) is 508 Å². The molecule has 3 aromatic heterocycles. The number of pyridine rings is 1. The standard InChI is InChI=1S/C83H100N12O23S2/c1-44(2)66(90-63(97)34-93-52(36-115-28-29-120(112,113)114)32-59(75(93)106)95-64(98)22-23-65(95)99)74(105)86-45(3)72(103)87-51-18-16-50(48(30-51)17-21-60-68(100)69(101)70(102)71(118-60)77(109)110)35-116-79(111)92(25-24-62(84)96)26-27-117-83-40-80(5)37-81(6,41-83)39-82(38-80,42-83)43-94-46(4)56(33-85-94)53-19-20-57(88-67(53)76(107)108)49-15-14-47-10-9-11-54(55(47)31-49)73(104)91-78-89-58-12-7-8-13-61(58)119-78/h7-13,16,18-20,22-23,30,33,44-45,49,52,59-60,66,68-71,100-102H,14-15,17,21,24-29,31-32,34-43H2,1-6H3,(H2,84,96)(H,86,105)(H,87,103)(H,90,97)(H,107,108)(H,109,110)(H,89,91,104)(H,112,113,114)/t45-,49?,52-,59?,60-,66-,68-,69+,70-,71-,80?,81?,82?,83?/m0/s1. The number of primary amides is 1. The number of rotatable bonds is 34. The number of aryl methyl sites for hydroxylation is 2. The predicted octanol–water partition coefficient (Wildman–Crippen LogP) is 4.99. The van der Waals surface area contributed by atoms with E-state index < -0.39 is 161 Å². The number of imide groups is 1. The smallest absolute Gasteiger partial charge is 0.410 e. The van der Waals surface area contributed by atoms with Crippen LogP contribution in [-0.2, 0) is 99.8 Å². The summed E-state index contributed by atoms with van der Waals surface area (Å²) in [6, 6.07) is 16.6. The molecule has 4 saturated carbocycles. The predicted molar refractivity (Wildman–Crippen MR) is 431 cm³/mol. The molecule has 2 saturated heterocycles. The summed E-state index contributed by atoms with van der Waals surface area (Å²) >= 11 is 1.40. The zero-order valence-electron chi connectivity index (χ0n) is 67.2. The van der Waals surface area contributed by atoms with Gasteiger partial charge in [-0.25, -0.2) is 24.4 Å². The molecule has 642 valence electrons. The molecule has 12 N–H and O–H groups in total. The van der Waals surface area contributed by atoms with E-state index in [0.717, 1.165) is 81.1 Å². The first-order valence-corrected chi connectivity index (χ1v) is 42.4. The molecule has 5 aliphatic carbocycles. The number of hydrogen-bond acceptors (Lipinski definition) is 24. The van der Waals surface area contributed by atoms with Crippen molar-refractivity contribution >= 4 is 108 Å². The van der Waals surface area contributed by atoms with Gasteiger partial charge in [-0.05, 0) is 171 Å². The molecule has 6 aromatic rings. The molecule has 3 aromatic carbocycles. The van der Waals surface area contributed by atoms with Gasteiger partial charge in [-0.2, -0.15) is 13.5 Å². The molecule has 3 aliphatic heterocycles. The minimum atomic E-state index is -4.43. The fraction of sp³-hybridized carbons (Fsp3) is 0.518. The number of nitrogens with two attached hydrogens (primary N) is 1. The number of aromatic carboxylic acids is 1. The van der Waals surface area contributed by atoms with Crippen molar-refractivity contribution in [1.82, 2.24) is 45.1 Å². The molecule has 6 fully saturated rings. The lowest BCUT2D eigenvalue weighted by Crippen LogP contribution is -2.64. The fourth-order valence-corrected chi connectivity index (χ4v) is 20.9. The number of carboxylic acid groups (broad SMARTS) is 2. The first-order valence-electron chi connectivity index (χ1n) is 40.0. The van der Waals surface area contributed by atoms with Crippen LogP contribution in [0.15, 0.2) is 91.1 Å². The summed E-state index contributed by atoms with van der Waals surface area (Å²) in [6.07, 6.45) is -0.222. The Morgan fingerprint density at radius 2 is 1.54 bits per heavy atom. The van der Waals surface area contributed by atoms with Gasteiger partial charge in [0.15, 0.2) is 16.9 Å². The minimum absolute atomic E-state index is 0.0299. The molecule has 35 nitrogen and oxygen atoms in total. The molecule has 0 radical (unpaired) electrons. The van der Waals surface area contributed by atoms with Crippen LogP contribution in [0, 0.1) is 29.1 Å². The van der Waals surface area contributed by atoms with Gasteiger partial charge in [-0.15, -0.1) is 0 Å². The van der Waals surface area contributed by atoms with E-state index in [1.165, 1.54) is 41.4 Å². The Bertz CT molecular complexity index is 5120. The molecule has 0 spiro atoms. The van der Waals surface area contributed by atoms with Gasteiger partial charge < -0.3 is 76.0 Å². The Hall–Kier alpha value is -10.5. The molecule has 14 rings (SSSR count). The van der Waals surface area contributed by atoms with Gasteiger partial charge in [0, 0.05) is 84.3 Å². The van der Waals surface area contributed by atoms with E-state index >= 15 is 0 Å². The van der Waals surface area contributed by atoms with Gasteiger partial charge in [-0.1, -0.05) is 69.4 Å². The molecule has 12 atom stereocenters. The number of likely N-dealkylation sites (tertiary alicyclic amines) is 1. The number of thiazole rings is 1. The third-order valence-corrected chi connectivity index (χ3v) is 25.9. The highest BCUT2D eigenvalue weighted by molar-refractivity contribution is 7.85. The van der Waals surface area contributed by atoms with Crippen LogP contribution in [0.5, 0.6) is 0 Å². The van der Waals surface area contributed by atoms with Gasteiger partial charge in [0.25, 0.3) is 27.8 Å². The molecule has 6 heterocycles. The highest BCUT2D eigenvalue weighted by Crippen LogP contribution is 2.72. The van der Waals surface area contributed by atoms with Crippen LogP contribution < -0.4 is 27.0 Å². The van der Waals surface area contributed by atoms with Crippen molar-refractivity contribution in [3.05, 3.63) is 136 Å². The fourth-order valence-electron chi connectivity index (χ4n) is 19.7. The summed E-state index contributed by atoms with van der Waals surface area (Å²) in [4.78, 5) is 160. The van der Waals surface area contributed by atoms with Crippen molar-refractivity contribution in [3.63, 3.8) is 0 Å². The lowest BCUT2D eigenvalue weighted by atomic mass is 9.39. The van der Waals surface area contributed by atoms with Crippen LogP contribution in [0.25, 0.3) is 21.3 Å². The highest BCUT2D eigenvalue weighted by Gasteiger charge is 2.66. The van der Waals surface area contributed by atoms with Crippen molar-refractivity contribution in [2.45, 2.75) is 204 Å². The normalized spacial score (nSPS) is 26.1. The number of carbonyl (C=O) groups excluding carboxylic acids is 9. The number of nitrogens with zero attached hydrogens (tertiary/aromatic N) is 7. The molecule has 8 aliphatic rings. The van der Waals surface area contributed by atoms with E-state index in [9.17, 15) is 91.2 Å². The van der Waals surface area contributed by atoms with Crippen LogP contribution in [0.2, 0.25) is 0 Å². The van der Waals surface area contributed by atoms with E-state index in [1.807, 2.05) is 60.1 Å². The van der Waals surface area contributed by atoms with Gasteiger partial charge >= 0.3 is 18.0 Å². The van der Waals surface area contributed by atoms with E-state index in [-0.39, 0.29) is 91.4 Å². The Labute approximate surface area is 694 Å². The summed E-state index contributed by atoms with van der Waals surface area (Å²) in [7, 11) is -4.43. The minimum Gasteiger partial charge on any atom is -0.479 e. The van der Waals surface area contributed by atoms with Gasteiger partial charge in [0.1, 0.15) is 43.0 Å². The van der Waals surface area contributed by atoms with Crippen LogP contribution in [0.1, 0.15) is 159 Å². The number of carboxylic acids is 2. The second-order valence-electron chi connectivity index (χ2n) is 34.1. The first kappa shape index (κ1) is 87.3. The number of hydrogen-bond donors (Lipinski definition) is 11. The summed E-state index contributed by atoms with van der Waals surface area (Å²) < 4.78 is 58.9. The Morgan fingerprint density at radius 3 is 2.23 bits per heavy atom. The lowest BCUT2D eigenvalue weighted by molar-refractivity contribution is -0.248. The Morgan fingerprint density at radius 1 is 0.808 bits per heavy atom. The van der Waals surface area contributed by atoms with Crippen LogP contribution in [0.4, 0.5) is 15.6 Å². The number of anilines is 2. The van der Waals surface area contributed by atoms with E-state index in [4.69, 9.17) is 34.8 Å². The van der Waals surface area contributed by atoms with Gasteiger partial charge in [0.05, 0.1) is 66.3 Å². The summed E-state index contributed by atoms with van der Waals surface area (Å²) in [5.74, 6) is -10.2. The second-order valence-corrected chi connectivity index (χ2v) is 36.7. The number of aliphatic hydroxyl groups is 3. The molecular weight excluding hydrogens is 1600 g/mol. The zero-order chi connectivity index (χ0) is 86.2. The molecule has 37 heteroatoms. The number of para-hydroxylation sites is 1. The summed E-state index contributed by atoms with van der Waals surface area (Å²) in [6.45, 7) is 9.38. The number of amides is 9. The number of carbonyl (C=O) groups is 11. The second kappa shape index (κ2) is 35.3. The third-order valence-electron chi connectivity index (χ3n) is 24.2. The molecule has 4 unspecified atom stereocenters. The van der Waals surface area contributed by atoms with E-state index in [1.54, 1.807) is 26.1 Å². The number of benzene rings is 3. The number of nitrogens with one attached hydrogen (secondary N) is 4. The quantitative estimate of drug-likeness (QED) is 0.0144. The van der Waals surface area contributed by atoms with Crippen molar-refractivity contribution in [3.8, 4) is 11.1 Å². The van der Waals surface area contributed by atoms with Crippen LogP contribution >= 0.6 is 11.3 Å². The third kappa shape index (κ3) is 19.4. The first-order chi connectivity index (χ1) is 56.8. The van der Waals surface area contributed by atoms with Crippen molar-refractivity contribution in [2.75, 3.05) is 55.8 Å². The number of fused-ring (bicyclic) bond motifs is 2. The summed E-state index contributed by atoms with van der Waals surface area (Å²) in [5, 5.41) is 69.3. The maximum Gasteiger partial charge on any atom is 0.410 e. The average Bonchev–Trinajstić information content (AvgIpc) is 0.864. The number of ether oxygens (including phenoxy) is 4. The molecule has 9 amide bonds. The molecule has 4 bridgehead atoms. The molecular formula is C83H100N12O23S2. The van der Waals surface area contributed by atoms with Crippen molar-refractivity contribution < 1.29 is 110 Å². The van der Waals surface area contributed by atoms with Gasteiger partial charge in [-0.3, -0.25) is 57.8 Å². The van der Waals surface area contributed by atoms with E-state index in [0.29, 0.717) is 70.9 Å². The largest absolute Gasteiger partial charge is 0.479 e. The van der Waals surface area contributed by atoms with E-state index in [2.05, 4.69) is 40.1 Å². The maximum absolute atomic E-state index is 14.5. The highest BCUT2D eigenvalue weighted by atomic mass is 32.2. The van der Waals surface area contributed by atoms with Crippen LogP contribution in [0.3, 0.4) is 0 Å². The Balaban J connectivity index is 0.660. The molecule has 120 heavy (non-hydrogen) atoms. The average molecular weight is 1700 g/mol. The number of aliphatic hydroxyl groups excluding tert-OH is 3. The number of aromatic nitrogens is 4. The lowest BCUT2D eigenvalue weighted by Gasteiger charge is -2.69. The Kier molecular flexibility index (Phi) is 25.7. The van der Waals surface area contributed by atoms with Crippen LogP contribution in [-0.4, -0.2) is 244 Å². The zero-order valence-corrected chi connectivity index (χ0v) is 68.8. The van der Waals surface area contributed by atoms with Crippen molar-refractivity contribution in [1.29, 1.82) is 0 Å². The SMILES string of the molecule is Cc1c(-c2ccc(C3CCc4cccc(C(=O)Nc5nc6ccccc6s5)c4C3)nc2C(=O)O)cnn1CC12CC3(C)CC(C)(C1)CC(OCCN(CCC(N)=O)C(=O)OCc1ccc(NC(=O)[C@H](C)NC(=O)[C@@H](NC(=O)CN4C(=O)C(N5C(=O)C=CC5=O)C[C@H]4COCCS(=O)(=O)O)C(C)C)cc1CC[C@@H]1O[C@H](C(=O)O)[C@@H](O)[C@H](O)[C@H]1O)(C3)C2.